The molecule has 4 heteroatoms. The quantitative estimate of drug-likeness (QED) is 0.794. The van der Waals surface area contributed by atoms with Crippen molar-refractivity contribution in [3.63, 3.8) is 0 Å². The summed E-state index contributed by atoms with van der Waals surface area (Å²) in [7, 11) is 1.97. The highest BCUT2D eigenvalue weighted by Crippen LogP contribution is 2.08. The van der Waals surface area contributed by atoms with Crippen LogP contribution in [-0.4, -0.2) is 35.6 Å². The Kier molecular flexibility index (Phi) is 3.75. The minimum atomic E-state index is 0.458. The summed E-state index contributed by atoms with van der Waals surface area (Å²) in [6.45, 7) is 3.00. The fraction of sp³-hybridized carbons (Fsp3) is 0.727. The molecule has 2 heterocycles. The zero-order valence-electron chi connectivity index (χ0n) is 9.28. The Bertz CT molecular complexity index is 292. The van der Waals surface area contributed by atoms with E-state index in [-0.39, 0.29) is 0 Å². The number of hydrogen-bond acceptors (Lipinski definition) is 3. The van der Waals surface area contributed by atoms with Crippen molar-refractivity contribution >= 4 is 0 Å². The lowest BCUT2D eigenvalue weighted by Crippen LogP contribution is -2.32. The topological polar surface area (TPSA) is 39.1 Å². The second kappa shape index (κ2) is 5.28. The summed E-state index contributed by atoms with van der Waals surface area (Å²) < 4.78 is 7.74. The average Bonchev–Trinajstić information content (AvgIpc) is 2.66. The molecule has 1 saturated heterocycles. The van der Waals surface area contributed by atoms with Crippen molar-refractivity contribution in [2.24, 2.45) is 7.05 Å². The molecule has 4 nitrogen and oxygen atoms in total. The van der Waals surface area contributed by atoms with Crippen LogP contribution < -0.4 is 5.32 Å². The van der Waals surface area contributed by atoms with E-state index in [4.69, 9.17) is 4.74 Å². The van der Waals surface area contributed by atoms with Crippen LogP contribution in [0.4, 0.5) is 0 Å². The molecule has 84 valence electrons. The van der Waals surface area contributed by atoms with Crippen molar-refractivity contribution in [2.45, 2.75) is 25.4 Å². The molecule has 0 aliphatic carbocycles. The summed E-state index contributed by atoms with van der Waals surface area (Å²) in [5.74, 6) is 0. The maximum absolute atomic E-state index is 5.83. The highest BCUT2D eigenvalue weighted by atomic mass is 16.5. The molecule has 0 amide bonds. The Labute approximate surface area is 90.6 Å². The number of aryl methyl sites for hydroxylation is 1. The molecule has 0 aromatic carbocycles. The minimum absolute atomic E-state index is 0.458. The minimum Gasteiger partial charge on any atom is -0.378 e. The molecule has 0 atom stereocenters. The number of hydrogen-bond donors (Lipinski definition) is 1. The van der Waals surface area contributed by atoms with Gasteiger partial charge in [-0.2, -0.15) is 5.10 Å². The predicted octanol–water partition coefficient (Wildman–Crippen LogP) is 0.731. The molecule has 0 spiro atoms. The number of ether oxygens (including phenoxy) is 1. The molecule has 1 fully saturated rings. The number of nitrogens with zero attached hydrogens (tertiary/aromatic N) is 2. The van der Waals surface area contributed by atoms with Crippen molar-refractivity contribution in [1.82, 2.24) is 15.1 Å². The van der Waals surface area contributed by atoms with Crippen molar-refractivity contribution in [3.8, 4) is 0 Å². The number of piperidine rings is 1. The summed E-state index contributed by atoms with van der Waals surface area (Å²) in [4.78, 5) is 0. The lowest BCUT2D eigenvalue weighted by atomic mass is 10.1. The lowest BCUT2D eigenvalue weighted by Gasteiger charge is -2.22. The van der Waals surface area contributed by atoms with E-state index in [1.54, 1.807) is 0 Å². The van der Waals surface area contributed by atoms with Gasteiger partial charge in [-0.3, -0.25) is 4.68 Å². The maximum atomic E-state index is 5.83. The molecule has 15 heavy (non-hydrogen) atoms. The van der Waals surface area contributed by atoms with Gasteiger partial charge in [0.15, 0.2) is 0 Å². The summed E-state index contributed by atoms with van der Waals surface area (Å²) in [5, 5.41) is 7.47. The normalized spacial score (nSPS) is 18.2. The third-order valence-electron chi connectivity index (χ3n) is 2.92. The third-order valence-corrected chi connectivity index (χ3v) is 2.92. The van der Waals surface area contributed by atoms with Gasteiger partial charge in [-0.25, -0.2) is 0 Å². The first-order valence-electron chi connectivity index (χ1n) is 5.65. The van der Waals surface area contributed by atoms with Crippen LogP contribution >= 0.6 is 0 Å². The molecule has 1 aliphatic rings. The van der Waals surface area contributed by atoms with Crippen molar-refractivity contribution in [1.29, 1.82) is 0 Å². The molecule has 0 bridgehead atoms. The summed E-state index contributed by atoms with van der Waals surface area (Å²) in [6, 6.07) is 2.05. The Morgan fingerprint density at radius 3 is 3.00 bits per heavy atom. The Morgan fingerprint density at radius 1 is 1.53 bits per heavy atom. The Balaban J connectivity index is 1.68. The second-order valence-electron chi connectivity index (χ2n) is 4.02. The van der Waals surface area contributed by atoms with Crippen LogP contribution in [0.2, 0.25) is 0 Å². The van der Waals surface area contributed by atoms with Crippen molar-refractivity contribution in [2.75, 3.05) is 19.7 Å². The zero-order valence-corrected chi connectivity index (χ0v) is 9.28. The van der Waals surface area contributed by atoms with Crippen LogP contribution in [0.1, 0.15) is 18.5 Å². The summed E-state index contributed by atoms with van der Waals surface area (Å²) in [5.41, 5.74) is 1.24. The summed E-state index contributed by atoms with van der Waals surface area (Å²) in [6.07, 6.45) is 5.54. The molecule has 2 rings (SSSR count). The molecule has 1 N–H and O–H groups in total. The second-order valence-corrected chi connectivity index (χ2v) is 4.02. The molecular weight excluding hydrogens is 190 g/mol. The molecular formula is C11H19N3O. The highest BCUT2D eigenvalue weighted by Gasteiger charge is 2.12. The van der Waals surface area contributed by atoms with Gasteiger partial charge >= 0.3 is 0 Å². The standard InChI is InChI=1S/C11H19N3O/c1-14-10(2-8-13-14)5-9-15-11-3-6-12-7-4-11/h2,8,11-12H,3-7,9H2,1H3. The van der Waals surface area contributed by atoms with Gasteiger partial charge < -0.3 is 10.1 Å². The van der Waals surface area contributed by atoms with Crippen LogP contribution in [0, 0.1) is 0 Å². The van der Waals surface area contributed by atoms with E-state index in [1.807, 2.05) is 24.0 Å². The maximum Gasteiger partial charge on any atom is 0.0599 e. The van der Waals surface area contributed by atoms with Gasteiger partial charge in [0.25, 0.3) is 0 Å². The number of aromatic nitrogens is 2. The van der Waals surface area contributed by atoms with E-state index in [0.29, 0.717) is 6.10 Å². The van der Waals surface area contributed by atoms with E-state index in [2.05, 4.69) is 10.4 Å². The smallest absolute Gasteiger partial charge is 0.0599 e. The van der Waals surface area contributed by atoms with Gasteiger partial charge in [0.1, 0.15) is 0 Å². The van der Waals surface area contributed by atoms with Crippen molar-refractivity contribution < 1.29 is 4.74 Å². The van der Waals surface area contributed by atoms with Crippen LogP contribution in [0.25, 0.3) is 0 Å². The van der Waals surface area contributed by atoms with Gasteiger partial charge in [-0.15, -0.1) is 0 Å². The highest BCUT2D eigenvalue weighted by molar-refractivity contribution is 4.99. The van der Waals surface area contributed by atoms with E-state index in [0.717, 1.165) is 39.0 Å². The van der Waals surface area contributed by atoms with E-state index in [1.165, 1.54) is 5.69 Å². The number of rotatable bonds is 4. The zero-order chi connectivity index (χ0) is 10.5. The van der Waals surface area contributed by atoms with Crippen LogP contribution in [0.15, 0.2) is 12.3 Å². The van der Waals surface area contributed by atoms with Gasteiger partial charge in [-0.05, 0) is 32.0 Å². The monoisotopic (exact) mass is 209 g/mol. The van der Waals surface area contributed by atoms with Crippen molar-refractivity contribution in [3.05, 3.63) is 18.0 Å². The van der Waals surface area contributed by atoms with E-state index < -0.39 is 0 Å². The van der Waals surface area contributed by atoms with Gasteiger partial charge in [0, 0.05) is 25.4 Å². The molecule has 1 aromatic heterocycles. The molecule has 1 aromatic rings. The van der Waals surface area contributed by atoms with E-state index in [9.17, 15) is 0 Å². The molecule has 0 unspecified atom stereocenters. The van der Waals surface area contributed by atoms with Gasteiger partial charge in [0.2, 0.25) is 0 Å². The third kappa shape index (κ3) is 3.04. The molecule has 1 aliphatic heterocycles. The fourth-order valence-electron chi connectivity index (χ4n) is 1.94. The van der Waals surface area contributed by atoms with Gasteiger partial charge in [-0.1, -0.05) is 0 Å². The molecule has 0 radical (unpaired) electrons. The number of nitrogens with one attached hydrogen (secondary N) is 1. The predicted molar refractivity (Wildman–Crippen MR) is 58.8 cm³/mol. The lowest BCUT2D eigenvalue weighted by molar-refractivity contribution is 0.0343. The molecule has 0 saturated carbocycles. The van der Waals surface area contributed by atoms with Crippen LogP contribution in [0.5, 0.6) is 0 Å². The largest absolute Gasteiger partial charge is 0.378 e. The first-order chi connectivity index (χ1) is 7.36. The fourth-order valence-corrected chi connectivity index (χ4v) is 1.94. The van der Waals surface area contributed by atoms with E-state index >= 15 is 0 Å². The summed E-state index contributed by atoms with van der Waals surface area (Å²) >= 11 is 0. The first kappa shape index (κ1) is 10.6. The first-order valence-corrected chi connectivity index (χ1v) is 5.65. The van der Waals surface area contributed by atoms with Gasteiger partial charge in [0.05, 0.1) is 12.7 Å². The average molecular weight is 209 g/mol. The Hall–Kier alpha value is -0.870. The SMILES string of the molecule is Cn1nccc1CCOC1CCNCC1. The van der Waals surface area contributed by atoms with Crippen LogP contribution in [-0.2, 0) is 18.2 Å². The Morgan fingerprint density at radius 2 is 2.33 bits per heavy atom. The van der Waals surface area contributed by atoms with Crippen LogP contribution in [0.3, 0.4) is 0 Å².